The molecule has 0 N–H and O–H groups in total. The summed E-state index contributed by atoms with van der Waals surface area (Å²) < 4.78 is 30.5. The fourth-order valence-corrected chi connectivity index (χ4v) is 3.31. The molecule has 2 rings (SSSR count). The quantitative estimate of drug-likeness (QED) is 0.765. The zero-order valence-electron chi connectivity index (χ0n) is 10.3. The van der Waals surface area contributed by atoms with E-state index in [1.807, 2.05) is 17.5 Å². The largest absolute Gasteiger partial charge is 0.440 e. The van der Waals surface area contributed by atoms with Gasteiger partial charge in [-0.05, 0) is 30.0 Å². The molecule has 102 valence electrons. The van der Waals surface area contributed by atoms with Crippen LogP contribution < -0.4 is 0 Å². The molecule has 0 aliphatic rings. The standard InChI is InChI=1S/C12H13NO4S2/c1-13(7-6-11-3-2-8-18-11)19(15,16)12-5-4-10(9-14)17-12/h2-5,8-9H,6-7H2,1H3. The van der Waals surface area contributed by atoms with Crippen molar-refractivity contribution in [3.05, 3.63) is 40.3 Å². The van der Waals surface area contributed by atoms with E-state index < -0.39 is 10.0 Å². The predicted molar refractivity (Wildman–Crippen MR) is 71.9 cm³/mol. The Morgan fingerprint density at radius 2 is 2.16 bits per heavy atom. The van der Waals surface area contributed by atoms with Crippen LogP contribution in [0.2, 0.25) is 0 Å². The van der Waals surface area contributed by atoms with Gasteiger partial charge in [-0.15, -0.1) is 11.3 Å². The second-order valence-electron chi connectivity index (χ2n) is 3.93. The van der Waals surface area contributed by atoms with Crippen molar-refractivity contribution in [3.8, 4) is 0 Å². The molecule has 0 spiro atoms. The molecule has 0 aromatic carbocycles. The Balaban J connectivity index is 2.08. The molecule has 0 fully saturated rings. The normalized spacial score (nSPS) is 11.9. The number of likely N-dealkylation sites (N-methyl/N-ethyl adjacent to an activating group) is 1. The first-order chi connectivity index (χ1) is 9.04. The van der Waals surface area contributed by atoms with Gasteiger partial charge in [-0.25, -0.2) is 8.42 Å². The maximum absolute atomic E-state index is 12.1. The minimum absolute atomic E-state index is 0.00484. The Bertz CT molecular complexity index is 643. The number of carbonyl (C=O) groups excluding carboxylic acids is 1. The molecule has 7 heteroatoms. The molecule has 0 radical (unpaired) electrons. The van der Waals surface area contributed by atoms with Gasteiger partial charge >= 0.3 is 0 Å². The van der Waals surface area contributed by atoms with E-state index in [2.05, 4.69) is 0 Å². The Kier molecular flexibility index (Phi) is 4.18. The fourth-order valence-electron chi connectivity index (χ4n) is 1.53. The van der Waals surface area contributed by atoms with Crippen LogP contribution in [0.25, 0.3) is 0 Å². The first kappa shape index (κ1) is 14.0. The lowest BCUT2D eigenvalue weighted by atomic mass is 10.3. The molecule has 2 aromatic heterocycles. The van der Waals surface area contributed by atoms with Crippen LogP contribution in [0, 0.1) is 0 Å². The van der Waals surface area contributed by atoms with Gasteiger partial charge in [-0.1, -0.05) is 6.07 Å². The lowest BCUT2D eigenvalue weighted by Gasteiger charge is -2.14. The van der Waals surface area contributed by atoms with Crippen LogP contribution >= 0.6 is 11.3 Å². The van der Waals surface area contributed by atoms with E-state index in [1.54, 1.807) is 11.3 Å². The highest BCUT2D eigenvalue weighted by molar-refractivity contribution is 7.89. The van der Waals surface area contributed by atoms with Crippen LogP contribution in [0.5, 0.6) is 0 Å². The zero-order valence-corrected chi connectivity index (χ0v) is 11.9. The molecule has 0 saturated heterocycles. The van der Waals surface area contributed by atoms with E-state index in [0.29, 0.717) is 19.3 Å². The van der Waals surface area contributed by atoms with Crippen molar-refractivity contribution in [3.63, 3.8) is 0 Å². The van der Waals surface area contributed by atoms with Crippen LogP contribution in [0.3, 0.4) is 0 Å². The van der Waals surface area contributed by atoms with E-state index >= 15 is 0 Å². The summed E-state index contributed by atoms with van der Waals surface area (Å²) in [6, 6.07) is 6.52. The second-order valence-corrected chi connectivity index (χ2v) is 6.94. The minimum atomic E-state index is -3.67. The first-order valence-electron chi connectivity index (χ1n) is 5.58. The van der Waals surface area contributed by atoms with Crippen LogP contribution in [-0.2, 0) is 16.4 Å². The molecule has 0 amide bonds. The number of aldehydes is 1. The maximum atomic E-state index is 12.1. The zero-order chi connectivity index (χ0) is 13.9. The third-order valence-corrected chi connectivity index (χ3v) is 5.30. The summed E-state index contributed by atoms with van der Waals surface area (Å²) in [7, 11) is -2.18. The molecule has 0 saturated carbocycles. The fraction of sp³-hybridized carbons (Fsp3) is 0.250. The van der Waals surface area contributed by atoms with Gasteiger partial charge in [0.05, 0.1) is 0 Å². The van der Waals surface area contributed by atoms with Crippen LogP contribution in [0.1, 0.15) is 15.4 Å². The molecule has 0 aliphatic heterocycles. The number of hydrogen-bond acceptors (Lipinski definition) is 5. The Labute approximate surface area is 115 Å². The van der Waals surface area contributed by atoms with Crippen LogP contribution in [0.4, 0.5) is 0 Å². The number of sulfonamides is 1. The smallest absolute Gasteiger partial charge is 0.276 e. The van der Waals surface area contributed by atoms with Crippen molar-refractivity contribution in [2.24, 2.45) is 0 Å². The van der Waals surface area contributed by atoms with Crippen molar-refractivity contribution < 1.29 is 17.6 Å². The average molecular weight is 299 g/mol. The van der Waals surface area contributed by atoms with Crippen LogP contribution in [0.15, 0.2) is 39.2 Å². The van der Waals surface area contributed by atoms with Gasteiger partial charge < -0.3 is 4.42 Å². The van der Waals surface area contributed by atoms with Gasteiger partial charge in [-0.3, -0.25) is 4.79 Å². The number of furan rings is 1. The third-order valence-electron chi connectivity index (χ3n) is 2.64. The number of hydrogen-bond donors (Lipinski definition) is 0. The highest BCUT2D eigenvalue weighted by Gasteiger charge is 2.24. The summed E-state index contributed by atoms with van der Waals surface area (Å²) in [5, 5.41) is 1.75. The monoisotopic (exact) mass is 299 g/mol. The summed E-state index contributed by atoms with van der Waals surface area (Å²) in [6.07, 6.45) is 1.12. The molecular weight excluding hydrogens is 286 g/mol. The van der Waals surface area contributed by atoms with Crippen molar-refractivity contribution in [2.75, 3.05) is 13.6 Å². The molecule has 0 unspecified atom stereocenters. The molecule has 0 aliphatic carbocycles. The van der Waals surface area contributed by atoms with E-state index in [0.717, 1.165) is 4.88 Å². The summed E-state index contributed by atoms with van der Waals surface area (Å²) in [5.41, 5.74) is 0. The SMILES string of the molecule is CN(CCc1cccs1)S(=O)(=O)c1ccc(C=O)o1. The topological polar surface area (TPSA) is 67.6 Å². The number of thiophene rings is 1. The van der Waals surface area contributed by atoms with Crippen molar-refractivity contribution >= 4 is 27.6 Å². The highest BCUT2D eigenvalue weighted by Crippen LogP contribution is 2.18. The molecular formula is C12H13NO4S2. The minimum Gasteiger partial charge on any atom is -0.440 e. The van der Waals surface area contributed by atoms with Gasteiger partial charge in [0.25, 0.3) is 10.0 Å². The maximum Gasteiger partial charge on any atom is 0.276 e. The summed E-state index contributed by atoms with van der Waals surface area (Å²) in [6.45, 7) is 0.361. The summed E-state index contributed by atoms with van der Waals surface area (Å²) in [5.74, 6) is 0.00484. The molecule has 5 nitrogen and oxygen atoms in total. The van der Waals surface area contributed by atoms with Gasteiger partial charge in [0.1, 0.15) is 0 Å². The molecule has 2 heterocycles. The molecule has 0 bridgehead atoms. The van der Waals surface area contributed by atoms with E-state index in [4.69, 9.17) is 4.42 Å². The molecule has 2 aromatic rings. The highest BCUT2D eigenvalue weighted by atomic mass is 32.2. The van der Waals surface area contributed by atoms with Gasteiger partial charge in [0, 0.05) is 18.5 Å². The Hall–Kier alpha value is -1.44. The predicted octanol–water partition coefficient (Wildman–Crippen LogP) is 2.02. The molecule has 19 heavy (non-hydrogen) atoms. The van der Waals surface area contributed by atoms with E-state index in [9.17, 15) is 13.2 Å². The van der Waals surface area contributed by atoms with E-state index in [-0.39, 0.29) is 10.9 Å². The van der Waals surface area contributed by atoms with Crippen molar-refractivity contribution in [2.45, 2.75) is 11.5 Å². The number of carbonyl (C=O) groups is 1. The number of nitrogens with zero attached hydrogens (tertiary/aromatic N) is 1. The molecule has 0 atom stereocenters. The number of rotatable bonds is 6. The lowest BCUT2D eigenvalue weighted by Crippen LogP contribution is -2.28. The Morgan fingerprint density at radius 1 is 1.37 bits per heavy atom. The third kappa shape index (κ3) is 3.12. The first-order valence-corrected chi connectivity index (χ1v) is 7.90. The lowest BCUT2D eigenvalue weighted by molar-refractivity contribution is 0.109. The van der Waals surface area contributed by atoms with Gasteiger partial charge in [0.15, 0.2) is 12.0 Å². The van der Waals surface area contributed by atoms with Gasteiger partial charge in [0.2, 0.25) is 5.09 Å². The second kappa shape index (κ2) is 5.68. The van der Waals surface area contributed by atoms with E-state index in [1.165, 1.54) is 23.5 Å². The Morgan fingerprint density at radius 3 is 2.74 bits per heavy atom. The van der Waals surface area contributed by atoms with Crippen molar-refractivity contribution in [1.29, 1.82) is 0 Å². The average Bonchev–Trinajstić information content (AvgIpc) is 3.06. The van der Waals surface area contributed by atoms with Crippen LogP contribution in [-0.4, -0.2) is 32.6 Å². The van der Waals surface area contributed by atoms with Gasteiger partial charge in [-0.2, -0.15) is 4.31 Å². The van der Waals surface area contributed by atoms with Crippen molar-refractivity contribution in [1.82, 2.24) is 4.31 Å². The summed E-state index contributed by atoms with van der Waals surface area (Å²) in [4.78, 5) is 11.6. The summed E-state index contributed by atoms with van der Waals surface area (Å²) >= 11 is 1.59.